The number of ether oxygens (including phenoxy) is 2. The largest absolute Gasteiger partial charge is 0.473 e. The minimum absolute atomic E-state index is 0.0428. The second-order valence-electron chi connectivity index (χ2n) is 5.53. The standard InChI is InChI=1S/C15H22N4O3/c1-3-10(4-2)22-15-13-14(16-8-17-15)19(9-18-13)12-6-5-11(7-20)21-12/h8-12,20H,3-7H2,1-2H3/t11-,12+/m0/s1. The van der Waals surface area contributed by atoms with Crippen LogP contribution in [0.15, 0.2) is 12.7 Å². The molecule has 1 aliphatic heterocycles. The highest BCUT2D eigenvalue weighted by Crippen LogP contribution is 2.31. The summed E-state index contributed by atoms with van der Waals surface area (Å²) in [7, 11) is 0. The molecule has 7 heteroatoms. The van der Waals surface area contributed by atoms with Crippen LogP contribution in [0.25, 0.3) is 11.2 Å². The summed E-state index contributed by atoms with van der Waals surface area (Å²) in [6, 6.07) is 0. The number of imidazole rings is 1. The zero-order valence-electron chi connectivity index (χ0n) is 13.0. The minimum atomic E-state index is -0.141. The van der Waals surface area contributed by atoms with Crippen LogP contribution < -0.4 is 4.74 Å². The summed E-state index contributed by atoms with van der Waals surface area (Å²) in [5.74, 6) is 0.522. The van der Waals surface area contributed by atoms with Gasteiger partial charge in [-0.15, -0.1) is 0 Å². The first-order valence-corrected chi connectivity index (χ1v) is 7.87. The van der Waals surface area contributed by atoms with Crippen molar-refractivity contribution in [3.8, 4) is 5.88 Å². The lowest BCUT2D eigenvalue weighted by Crippen LogP contribution is -2.15. The summed E-state index contributed by atoms with van der Waals surface area (Å²) in [6.07, 6.45) is 6.61. The van der Waals surface area contributed by atoms with Crippen LogP contribution in [-0.2, 0) is 4.74 Å². The van der Waals surface area contributed by atoms with Crippen molar-refractivity contribution >= 4 is 11.2 Å². The summed E-state index contributed by atoms with van der Waals surface area (Å²) in [4.78, 5) is 13.0. The summed E-state index contributed by atoms with van der Waals surface area (Å²) in [6.45, 7) is 4.22. The highest BCUT2D eigenvalue weighted by Gasteiger charge is 2.28. The monoisotopic (exact) mass is 306 g/mol. The number of nitrogens with zero attached hydrogens (tertiary/aromatic N) is 4. The Hall–Kier alpha value is -1.73. The zero-order chi connectivity index (χ0) is 15.5. The number of hydrogen-bond donors (Lipinski definition) is 1. The molecule has 1 N–H and O–H groups in total. The Morgan fingerprint density at radius 2 is 2.14 bits per heavy atom. The topological polar surface area (TPSA) is 82.3 Å². The first-order valence-electron chi connectivity index (χ1n) is 7.87. The van der Waals surface area contributed by atoms with Gasteiger partial charge >= 0.3 is 0 Å². The molecule has 2 atom stereocenters. The van der Waals surface area contributed by atoms with Crippen molar-refractivity contribution in [1.82, 2.24) is 19.5 Å². The fraction of sp³-hybridized carbons (Fsp3) is 0.667. The molecular formula is C15H22N4O3. The molecule has 0 amide bonds. The Morgan fingerprint density at radius 1 is 1.32 bits per heavy atom. The Labute approximate surface area is 129 Å². The van der Waals surface area contributed by atoms with Crippen LogP contribution >= 0.6 is 0 Å². The highest BCUT2D eigenvalue weighted by molar-refractivity contribution is 5.76. The number of aliphatic hydroxyl groups excluding tert-OH is 1. The number of fused-ring (bicyclic) bond motifs is 1. The Kier molecular flexibility index (Phi) is 4.54. The van der Waals surface area contributed by atoms with Crippen molar-refractivity contribution in [3.63, 3.8) is 0 Å². The van der Waals surface area contributed by atoms with Crippen LogP contribution in [0, 0.1) is 0 Å². The van der Waals surface area contributed by atoms with Crippen LogP contribution in [0.3, 0.4) is 0 Å². The third kappa shape index (κ3) is 2.78. The van der Waals surface area contributed by atoms with E-state index in [1.165, 1.54) is 6.33 Å². The van der Waals surface area contributed by atoms with Gasteiger partial charge in [-0.1, -0.05) is 13.8 Å². The average Bonchev–Trinajstić information content (AvgIpc) is 3.18. The Morgan fingerprint density at radius 3 is 2.82 bits per heavy atom. The Balaban J connectivity index is 1.89. The number of aromatic nitrogens is 4. The summed E-state index contributed by atoms with van der Waals surface area (Å²) >= 11 is 0. The molecule has 1 aliphatic rings. The molecule has 22 heavy (non-hydrogen) atoms. The van der Waals surface area contributed by atoms with Gasteiger partial charge < -0.3 is 14.6 Å². The fourth-order valence-corrected chi connectivity index (χ4v) is 2.77. The van der Waals surface area contributed by atoms with Gasteiger partial charge in [0.1, 0.15) is 18.7 Å². The molecule has 0 aliphatic carbocycles. The van der Waals surface area contributed by atoms with Crippen molar-refractivity contribution in [2.45, 2.75) is 58.0 Å². The lowest BCUT2D eigenvalue weighted by atomic mass is 10.2. The smallest absolute Gasteiger partial charge is 0.245 e. The maximum Gasteiger partial charge on any atom is 0.245 e. The van der Waals surface area contributed by atoms with E-state index in [2.05, 4.69) is 28.8 Å². The summed E-state index contributed by atoms with van der Waals surface area (Å²) in [5, 5.41) is 9.20. The molecule has 0 spiro atoms. The number of rotatable bonds is 6. The predicted molar refractivity (Wildman–Crippen MR) is 80.6 cm³/mol. The van der Waals surface area contributed by atoms with E-state index in [4.69, 9.17) is 9.47 Å². The zero-order valence-corrected chi connectivity index (χ0v) is 13.0. The molecule has 7 nitrogen and oxygen atoms in total. The van der Waals surface area contributed by atoms with Crippen molar-refractivity contribution in [3.05, 3.63) is 12.7 Å². The first-order chi connectivity index (χ1) is 10.8. The molecule has 0 unspecified atom stereocenters. The summed E-state index contributed by atoms with van der Waals surface area (Å²) in [5.41, 5.74) is 1.37. The van der Waals surface area contributed by atoms with Crippen LogP contribution in [0.1, 0.15) is 45.8 Å². The number of hydrogen-bond acceptors (Lipinski definition) is 6. The molecule has 0 bridgehead atoms. The molecule has 1 saturated heterocycles. The quantitative estimate of drug-likeness (QED) is 0.879. The lowest BCUT2D eigenvalue weighted by molar-refractivity contribution is -0.0207. The SMILES string of the molecule is CCC(CC)Oc1ncnc2c1ncn2[C@H]1CC[C@@H](CO)O1. The second kappa shape index (κ2) is 6.58. The van der Waals surface area contributed by atoms with Crippen LogP contribution in [0.5, 0.6) is 5.88 Å². The van der Waals surface area contributed by atoms with Gasteiger partial charge in [0.15, 0.2) is 11.2 Å². The second-order valence-corrected chi connectivity index (χ2v) is 5.53. The molecule has 1 fully saturated rings. The van der Waals surface area contributed by atoms with Crippen molar-refractivity contribution in [2.24, 2.45) is 0 Å². The molecular weight excluding hydrogens is 284 g/mol. The number of aliphatic hydroxyl groups is 1. The van der Waals surface area contributed by atoms with E-state index < -0.39 is 0 Å². The molecule has 0 aromatic carbocycles. The van der Waals surface area contributed by atoms with Gasteiger partial charge in [0, 0.05) is 0 Å². The van der Waals surface area contributed by atoms with E-state index >= 15 is 0 Å². The molecule has 2 aromatic rings. The molecule has 120 valence electrons. The minimum Gasteiger partial charge on any atom is -0.473 e. The molecule has 3 rings (SSSR count). The van der Waals surface area contributed by atoms with Gasteiger partial charge in [-0.05, 0) is 25.7 Å². The van der Waals surface area contributed by atoms with Gasteiger partial charge in [-0.25, -0.2) is 9.97 Å². The molecule has 0 saturated carbocycles. The maximum absolute atomic E-state index is 9.20. The predicted octanol–water partition coefficient (Wildman–Crippen LogP) is 2.06. The van der Waals surface area contributed by atoms with Crippen LogP contribution in [0.4, 0.5) is 0 Å². The van der Waals surface area contributed by atoms with E-state index in [9.17, 15) is 5.11 Å². The van der Waals surface area contributed by atoms with E-state index in [-0.39, 0.29) is 25.0 Å². The summed E-state index contributed by atoms with van der Waals surface area (Å²) < 4.78 is 13.6. The van der Waals surface area contributed by atoms with Crippen molar-refractivity contribution < 1.29 is 14.6 Å². The van der Waals surface area contributed by atoms with Crippen molar-refractivity contribution in [2.75, 3.05) is 6.61 Å². The van der Waals surface area contributed by atoms with Gasteiger partial charge in [-0.2, -0.15) is 4.98 Å². The molecule has 3 heterocycles. The van der Waals surface area contributed by atoms with Crippen LogP contribution in [-0.4, -0.2) is 43.4 Å². The maximum atomic E-state index is 9.20. The first kappa shape index (κ1) is 15.2. The van der Waals surface area contributed by atoms with Crippen molar-refractivity contribution in [1.29, 1.82) is 0 Å². The highest BCUT2D eigenvalue weighted by atomic mass is 16.5. The van der Waals surface area contributed by atoms with E-state index in [0.717, 1.165) is 25.7 Å². The third-order valence-corrected chi connectivity index (χ3v) is 4.11. The average molecular weight is 306 g/mol. The van der Waals surface area contributed by atoms with E-state index in [0.29, 0.717) is 17.0 Å². The van der Waals surface area contributed by atoms with Gasteiger partial charge in [0.25, 0.3) is 0 Å². The Bertz CT molecular complexity index is 626. The van der Waals surface area contributed by atoms with Gasteiger partial charge in [-0.3, -0.25) is 4.57 Å². The normalized spacial score (nSPS) is 21.8. The third-order valence-electron chi connectivity index (χ3n) is 4.11. The van der Waals surface area contributed by atoms with Gasteiger partial charge in [0.05, 0.1) is 19.0 Å². The van der Waals surface area contributed by atoms with Crippen LogP contribution in [0.2, 0.25) is 0 Å². The fourth-order valence-electron chi connectivity index (χ4n) is 2.77. The lowest BCUT2D eigenvalue weighted by Gasteiger charge is -2.15. The van der Waals surface area contributed by atoms with E-state index in [1.807, 2.05) is 4.57 Å². The van der Waals surface area contributed by atoms with Gasteiger partial charge in [0.2, 0.25) is 5.88 Å². The molecule has 2 aromatic heterocycles. The van der Waals surface area contributed by atoms with E-state index in [1.54, 1.807) is 6.33 Å². The molecule has 0 radical (unpaired) electrons.